The number of carbonyl (C=O) groups is 1. The van der Waals surface area contributed by atoms with E-state index in [9.17, 15) is 4.79 Å². The summed E-state index contributed by atoms with van der Waals surface area (Å²) in [5, 5.41) is 2.95. The summed E-state index contributed by atoms with van der Waals surface area (Å²) in [5.74, 6) is 0.341. The Hall–Kier alpha value is -1.46. The molecule has 2 rings (SSSR count). The van der Waals surface area contributed by atoms with Crippen LogP contribution in [0.5, 0.6) is 0 Å². The van der Waals surface area contributed by atoms with Crippen molar-refractivity contribution < 1.29 is 4.79 Å². The number of carbonyl (C=O) groups excluding carboxylic acids is 1. The maximum atomic E-state index is 12.1. The van der Waals surface area contributed by atoms with Gasteiger partial charge in [0.25, 0.3) is 0 Å². The second kappa shape index (κ2) is 7.00. The van der Waals surface area contributed by atoms with Gasteiger partial charge in [-0.3, -0.25) is 4.79 Å². The van der Waals surface area contributed by atoms with Gasteiger partial charge in [-0.1, -0.05) is 12.1 Å². The summed E-state index contributed by atoms with van der Waals surface area (Å²) in [6.45, 7) is 3.99. The van der Waals surface area contributed by atoms with E-state index in [4.69, 9.17) is 5.73 Å². The van der Waals surface area contributed by atoms with E-state index >= 15 is 0 Å². The Morgan fingerprint density at radius 3 is 2.71 bits per heavy atom. The van der Waals surface area contributed by atoms with Crippen LogP contribution in [-0.2, 0) is 4.79 Å². The van der Waals surface area contributed by atoms with Crippen molar-refractivity contribution in [2.75, 3.05) is 16.8 Å². The van der Waals surface area contributed by atoms with Crippen LogP contribution in [0, 0.1) is 13.8 Å². The molecule has 0 aromatic heterocycles. The number of nitrogens with one attached hydrogen (secondary N) is 1. The van der Waals surface area contributed by atoms with E-state index in [0.29, 0.717) is 11.4 Å². The Balaban J connectivity index is 1.97. The van der Waals surface area contributed by atoms with Crippen LogP contribution in [0.3, 0.4) is 0 Å². The maximum Gasteiger partial charge on any atom is 0.234 e. The molecule has 1 amide bonds. The molecule has 21 heavy (non-hydrogen) atoms. The van der Waals surface area contributed by atoms with Crippen molar-refractivity contribution in [3.8, 4) is 0 Å². The average Bonchev–Trinajstić information content (AvgIpc) is 2.42. The van der Waals surface area contributed by atoms with Gasteiger partial charge >= 0.3 is 0 Å². The van der Waals surface area contributed by atoms with Gasteiger partial charge in [-0.05, 0) is 65.2 Å². The van der Waals surface area contributed by atoms with Crippen molar-refractivity contribution in [3.05, 3.63) is 52.0 Å². The summed E-state index contributed by atoms with van der Waals surface area (Å²) >= 11 is 4.93. The fourth-order valence-corrected chi connectivity index (χ4v) is 3.29. The molecule has 0 atom stereocenters. The fourth-order valence-electron chi connectivity index (χ4n) is 1.83. The standard InChI is InChI=1S/C16H17BrN2OS/c1-10-3-4-11(2)14(7-10)19-16(20)9-21-15-6-5-12(18)8-13(15)17/h3-8H,9,18H2,1-2H3,(H,19,20). The molecule has 0 heterocycles. The summed E-state index contributed by atoms with van der Waals surface area (Å²) in [6.07, 6.45) is 0. The van der Waals surface area contributed by atoms with Gasteiger partial charge < -0.3 is 11.1 Å². The summed E-state index contributed by atoms with van der Waals surface area (Å²) in [6, 6.07) is 11.6. The van der Waals surface area contributed by atoms with Crippen LogP contribution in [0.4, 0.5) is 11.4 Å². The van der Waals surface area contributed by atoms with E-state index in [0.717, 1.165) is 26.2 Å². The molecule has 3 N–H and O–H groups in total. The highest BCUT2D eigenvalue weighted by molar-refractivity contribution is 9.10. The molecule has 3 nitrogen and oxygen atoms in total. The van der Waals surface area contributed by atoms with Crippen molar-refractivity contribution in [3.63, 3.8) is 0 Å². The first-order chi connectivity index (χ1) is 9.95. The van der Waals surface area contributed by atoms with Crippen LogP contribution in [0.15, 0.2) is 45.8 Å². The predicted octanol–water partition coefficient (Wildman–Crippen LogP) is 4.38. The van der Waals surface area contributed by atoms with Crippen molar-refractivity contribution in [2.45, 2.75) is 18.7 Å². The zero-order valence-electron chi connectivity index (χ0n) is 11.9. The molecule has 0 spiro atoms. The predicted molar refractivity (Wildman–Crippen MR) is 93.8 cm³/mol. The number of amides is 1. The van der Waals surface area contributed by atoms with E-state index in [1.54, 1.807) is 0 Å². The number of thioether (sulfide) groups is 1. The van der Waals surface area contributed by atoms with Gasteiger partial charge in [0.1, 0.15) is 0 Å². The minimum atomic E-state index is -0.0163. The first-order valence-electron chi connectivity index (χ1n) is 6.50. The number of nitrogen functional groups attached to an aromatic ring is 1. The molecule has 0 aliphatic heterocycles. The number of hydrogen-bond donors (Lipinski definition) is 2. The number of rotatable bonds is 4. The lowest BCUT2D eigenvalue weighted by molar-refractivity contribution is -0.113. The maximum absolute atomic E-state index is 12.1. The van der Waals surface area contributed by atoms with Gasteiger partial charge in [-0.25, -0.2) is 0 Å². The first kappa shape index (κ1) is 15.9. The lowest BCUT2D eigenvalue weighted by atomic mass is 10.1. The van der Waals surface area contributed by atoms with Crippen LogP contribution < -0.4 is 11.1 Å². The second-order valence-electron chi connectivity index (χ2n) is 4.85. The molecule has 0 unspecified atom stereocenters. The van der Waals surface area contributed by atoms with Gasteiger partial charge in [0.15, 0.2) is 0 Å². The summed E-state index contributed by atoms with van der Waals surface area (Å²) < 4.78 is 0.909. The third-order valence-corrected chi connectivity index (χ3v) is 4.97. The minimum absolute atomic E-state index is 0.0163. The third-order valence-electron chi connectivity index (χ3n) is 2.98. The van der Waals surface area contributed by atoms with E-state index in [1.165, 1.54) is 11.8 Å². The highest BCUT2D eigenvalue weighted by Crippen LogP contribution is 2.29. The zero-order valence-corrected chi connectivity index (χ0v) is 14.3. The Bertz CT molecular complexity index is 673. The molecular formula is C16H17BrN2OS. The number of halogens is 1. The molecule has 0 fully saturated rings. The summed E-state index contributed by atoms with van der Waals surface area (Å²) in [5.41, 5.74) is 9.46. The molecule has 2 aromatic rings. The monoisotopic (exact) mass is 364 g/mol. The number of aryl methyl sites for hydroxylation is 2. The van der Waals surface area contributed by atoms with E-state index in [1.807, 2.05) is 50.2 Å². The molecule has 0 saturated heterocycles. The number of hydrogen-bond acceptors (Lipinski definition) is 3. The number of benzene rings is 2. The van der Waals surface area contributed by atoms with Crippen LogP contribution in [0.2, 0.25) is 0 Å². The highest BCUT2D eigenvalue weighted by Gasteiger charge is 2.08. The van der Waals surface area contributed by atoms with E-state index in [-0.39, 0.29) is 5.91 Å². The Morgan fingerprint density at radius 1 is 1.24 bits per heavy atom. The van der Waals surface area contributed by atoms with Crippen molar-refractivity contribution in [1.29, 1.82) is 0 Å². The van der Waals surface area contributed by atoms with Crippen LogP contribution in [0.25, 0.3) is 0 Å². The second-order valence-corrected chi connectivity index (χ2v) is 6.72. The molecule has 0 aliphatic carbocycles. The molecular weight excluding hydrogens is 348 g/mol. The van der Waals surface area contributed by atoms with Gasteiger partial charge in [0, 0.05) is 20.7 Å². The molecule has 0 saturated carbocycles. The smallest absolute Gasteiger partial charge is 0.234 e. The van der Waals surface area contributed by atoms with Gasteiger partial charge in [0.05, 0.1) is 5.75 Å². The third kappa shape index (κ3) is 4.51. The van der Waals surface area contributed by atoms with Crippen LogP contribution >= 0.6 is 27.7 Å². The topological polar surface area (TPSA) is 55.1 Å². The number of nitrogens with two attached hydrogens (primary N) is 1. The van der Waals surface area contributed by atoms with Crippen molar-refractivity contribution in [2.24, 2.45) is 0 Å². The Morgan fingerprint density at radius 2 is 2.00 bits per heavy atom. The molecule has 110 valence electrons. The van der Waals surface area contributed by atoms with Gasteiger partial charge in [-0.15, -0.1) is 11.8 Å². The summed E-state index contributed by atoms with van der Waals surface area (Å²) in [4.78, 5) is 13.1. The first-order valence-corrected chi connectivity index (χ1v) is 8.28. The summed E-state index contributed by atoms with van der Waals surface area (Å²) in [7, 11) is 0. The molecule has 0 aliphatic rings. The Kier molecular flexibility index (Phi) is 5.31. The van der Waals surface area contributed by atoms with Crippen molar-refractivity contribution >= 4 is 45.0 Å². The van der Waals surface area contributed by atoms with Gasteiger partial charge in [-0.2, -0.15) is 0 Å². The van der Waals surface area contributed by atoms with Crippen LogP contribution in [-0.4, -0.2) is 11.7 Å². The van der Waals surface area contributed by atoms with Crippen molar-refractivity contribution in [1.82, 2.24) is 0 Å². The lowest BCUT2D eigenvalue weighted by Gasteiger charge is -2.10. The largest absolute Gasteiger partial charge is 0.399 e. The van der Waals surface area contributed by atoms with E-state index < -0.39 is 0 Å². The molecule has 0 radical (unpaired) electrons. The minimum Gasteiger partial charge on any atom is -0.399 e. The molecule has 5 heteroatoms. The SMILES string of the molecule is Cc1ccc(C)c(NC(=O)CSc2ccc(N)cc2Br)c1. The Labute approximate surface area is 137 Å². The van der Waals surface area contributed by atoms with E-state index in [2.05, 4.69) is 21.2 Å². The fraction of sp³-hybridized carbons (Fsp3) is 0.188. The van der Waals surface area contributed by atoms with Crippen LogP contribution in [0.1, 0.15) is 11.1 Å². The molecule has 0 bridgehead atoms. The highest BCUT2D eigenvalue weighted by atomic mass is 79.9. The van der Waals surface area contributed by atoms with Gasteiger partial charge in [0.2, 0.25) is 5.91 Å². The quantitative estimate of drug-likeness (QED) is 0.625. The average molecular weight is 365 g/mol. The number of anilines is 2. The zero-order chi connectivity index (χ0) is 15.4. The molecule has 2 aromatic carbocycles. The lowest BCUT2D eigenvalue weighted by Crippen LogP contribution is -2.15. The normalized spacial score (nSPS) is 10.4.